The number of methoxy groups -OCH3 is 1. The Kier molecular flexibility index (Phi) is 5.78. The van der Waals surface area contributed by atoms with Crippen LogP contribution in [0.25, 0.3) is 0 Å². The van der Waals surface area contributed by atoms with E-state index < -0.39 is 27.3 Å². The Morgan fingerprint density at radius 3 is 2.48 bits per heavy atom. The molecule has 0 saturated carbocycles. The van der Waals surface area contributed by atoms with Gasteiger partial charge in [0.1, 0.15) is 18.1 Å². The smallest absolute Gasteiger partial charge is 0.190 e. The highest BCUT2D eigenvalue weighted by Crippen LogP contribution is 2.30. The van der Waals surface area contributed by atoms with E-state index in [0.717, 1.165) is 0 Å². The first-order chi connectivity index (χ1) is 10.9. The Labute approximate surface area is 137 Å². The minimum atomic E-state index is -3.62. The maximum absolute atomic E-state index is 13.0. The van der Waals surface area contributed by atoms with Gasteiger partial charge in [0.25, 0.3) is 0 Å². The summed E-state index contributed by atoms with van der Waals surface area (Å²) in [6.07, 6.45) is -1.14. The minimum Gasteiger partial charge on any atom is -0.388 e. The lowest BCUT2D eigenvalue weighted by atomic mass is 9.98. The standard InChI is InChI=1S/C16H23NO5S/c1-11(2)14(21-10-20-4)15-16(12(3)17-22-15)23(18,19)13-8-6-5-7-9-13/h5-9,11,14-16H,10H2,1-4H3/t14-,15-,16+/m0/s1. The highest BCUT2D eigenvalue weighted by molar-refractivity contribution is 7.93. The van der Waals surface area contributed by atoms with E-state index in [2.05, 4.69) is 5.16 Å². The van der Waals surface area contributed by atoms with Crippen molar-refractivity contribution >= 4 is 15.5 Å². The third kappa shape index (κ3) is 3.73. The number of oxime groups is 1. The number of ether oxygens (including phenoxy) is 2. The van der Waals surface area contributed by atoms with Gasteiger partial charge < -0.3 is 14.3 Å². The van der Waals surface area contributed by atoms with Crippen molar-refractivity contribution in [3.63, 3.8) is 0 Å². The molecule has 2 rings (SSSR count). The van der Waals surface area contributed by atoms with E-state index in [9.17, 15) is 8.42 Å². The molecule has 6 nitrogen and oxygen atoms in total. The second-order valence-electron chi connectivity index (χ2n) is 5.86. The SMILES string of the molecule is COCO[C@@H](C(C)C)[C@@H]1ON=C(C)[C@H]1S(=O)(=O)c1ccccc1. The summed E-state index contributed by atoms with van der Waals surface area (Å²) in [6, 6.07) is 8.34. The molecule has 1 aliphatic rings. The maximum atomic E-state index is 13.0. The first-order valence-corrected chi connectivity index (χ1v) is 9.04. The van der Waals surface area contributed by atoms with Crippen LogP contribution in [-0.4, -0.2) is 45.5 Å². The molecule has 0 saturated heterocycles. The summed E-state index contributed by atoms with van der Waals surface area (Å²) in [5.74, 6) is 0.0460. The summed E-state index contributed by atoms with van der Waals surface area (Å²) in [5.41, 5.74) is 0.436. The van der Waals surface area contributed by atoms with Crippen molar-refractivity contribution in [2.75, 3.05) is 13.9 Å². The number of rotatable bonds is 7. The van der Waals surface area contributed by atoms with E-state index in [4.69, 9.17) is 14.3 Å². The molecule has 0 amide bonds. The summed E-state index contributed by atoms with van der Waals surface area (Å²) in [7, 11) is -2.10. The molecule has 1 aliphatic heterocycles. The molecule has 0 unspecified atom stereocenters. The van der Waals surface area contributed by atoms with Gasteiger partial charge in [0.2, 0.25) is 0 Å². The van der Waals surface area contributed by atoms with Crippen molar-refractivity contribution in [1.82, 2.24) is 0 Å². The quantitative estimate of drug-likeness (QED) is 0.711. The second kappa shape index (κ2) is 7.42. The average molecular weight is 341 g/mol. The highest BCUT2D eigenvalue weighted by atomic mass is 32.2. The van der Waals surface area contributed by atoms with Crippen LogP contribution in [0.1, 0.15) is 20.8 Å². The predicted octanol–water partition coefficient (Wildman–Crippen LogP) is 2.25. The van der Waals surface area contributed by atoms with Crippen LogP contribution < -0.4 is 0 Å². The summed E-state index contributed by atoms with van der Waals surface area (Å²) in [6.45, 7) is 5.63. The van der Waals surface area contributed by atoms with Crippen LogP contribution in [0, 0.1) is 5.92 Å². The molecule has 0 radical (unpaired) electrons. The molecule has 1 heterocycles. The third-order valence-corrected chi connectivity index (χ3v) is 6.00. The molecule has 0 aliphatic carbocycles. The fourth-order valence-corrected chi connectivity index (χ4v) is 4.57. The highest BCUT2D eigenvalue weighted by Gasteiger charge is 2.48. The van der Waals surface area contributed by atoms with Gasteiger partial charge in [-0.25, -0.2) is 8.42 Å². The van der Waals surface area contributed by atoms with Crippen molar-refractivity contribution in [2.45, 2.75) is 43.1 Å². The van der Waals surface area contributed by atoms with Crippen LogP contribution in [0.3, 0.4) is 0 Å². The topological polar surface area (TPSA) is 74.2 Å². The molecular weight excluding hydrogens is 318 g/mol. The van der Waals surface area contributed by atoms with E-state index in [0.29, 0.717) is 5.71 Å². The fraction of sp³-hybridized carbons (Fsp3) is 0.562. The van der Waals surface area contributed by atoms with E-state index in [1.54, 1.807) is 37.3 Å². The van der Waals surface area contributed by atoms with Crippen LogP contribution in [0.15, 0.2) is 40.4 Å². The normalized spacial score (nSPS) is 22.7. The number of benzene rings is 1. The van der Waals surface area contributed by atoms with Gasteiger partial charge in [0.05, 0.1) is 10.6 Å². The zero-order chi connectivity index (χ0) is 17.0. The van der Waals surface area contributed by atoms with Crippen molar-refractivity contribution in [1.29, 1.82) is 0 Å². The Bertz CT molecular complexity index is 642. The van der Waals surface area contributed by atoms with Gasteiger partial charge >= 0.3 is 0 Å². The summed E-state index contributed by atoms with van der Waals surface area (Å²) >= 11 is 0. The lowest BCUT2D eigenvalue weighted by molar-refractivity contribution is -0.135. The largest absolute Gasteiger partial charge is 0.388 e. The molecule has 1 aromatic carbocycles. The minimum absolute atomic E-state index is 0.0460. The van der Waals surface area contributed by atoms with Gasteiger partial charge in [-0.2, -0.15) is 0 Å². The second-order valence-corrected chi connectivity index (χ2v) is 7.93. The van der Waals surface area contributed by atoms with Crippen LogP contribution in [0.4, 0.5) is 0 Å². The first-order valence-electron chi connectivity index (χ1n) is 7.49. The first kappa shape index (κ1) is 17.9. The molecule has 0 aromatic heterocycles. The Morgan fingerprint density at radius 2 is 1.91 bits per heavy atom. The molecular formula is C16H23NO5S. The van der Waals surface area contributed by atoms with Crippen molar-refractivity contribution in [3.05, 3.63) is 30.3 Å². The lowest BCUT2D eigenvalue weighted by Crippen LogP contribution is -2.47. The van der Waals surface area contributed by atoms with Gasteiger partial charge in [0.15, 0.2) is 15.9 Å². The number of sulfone groups is 1. The molecule has 0 spiro atoms. The molecule has 23 heavy (non-hydrogen) atoms. The lowest BCUT2D eigenvalue weighted by Gasteiger charge is -2.29. The fourth-order valence-electron chi connectivity index (χ4n) is 2.69. The van der Waals surface area contributed by atoms with Gasteiger partial charge in [0, 0.05) is 7.11 Å². The predicted molar refractivity (Wildman–Crippen MR) is 87.0 cm³/mol. The van der Waals surface area contributed by atoms with E-state index in [1.807, 2.05) is 13.8 Å². The molecule has 128 valence electrons. The van der Waals surface area contributed by atoms with Gasteiger partial charge in [-0.15, -0.1) is 0 Å². The molecule has 1 aromatic rings. The van der Waals surface area contributed by atoms with Crippen LogP contribution in [-0.2, 0) is 24.1 Å². The van der Waals surface area contributed by atoms with Crippen molar-refractivity contribution < 1.29 is 22.7 Å². The number of nitrogens with zero attached hydrogens (tertiary/aromatic N) is 1. The summed E-state index contributed by atoms with van der Waals surface area (Å²) in [5, 5.41) is 3.05. The van der Waals surface area contributed by atoms with Crippen LogP contribution in [0.5, 0.6) is 0 Å². The zero-order valence-electron chi connectivity index (χ0n) is 13.8. The monoisotopic (exact) mass is 341 g/mol. The number of hydrogen-bond donors (Lipinski definition) is 0. The maximum Gasteiger partial charge on any atom is 0.190 e. The van der Waals surface area contributed by atoms with E-state index in [-0.39, 0.29) is 17.6 Å². The van der Waals surface area contributed by atoms with Gasteiger partial charge in [-0.3, -0.25) is 0 Å². The number of hydrogen-bond acceptors (Lipinski definition) is 6. The van der Waals surface area contributed by atoms with Crippen molar-refractivity contribution in [2.24, 2.45) is 11.1 Å². The molecule has 7 heteroatoms. The van der Waals surface area contributed by atoms with Crippen LogP contribution >= 0.6 is 0 Å². The van der Waals surface area contributed by atoms with Crippen molar-refractivity contribution in [3.8, 4) is 0 Å². The van der Waals surface area contributed by atoms with E-state index >= 15 is 0 Å². The summed E-state index contributed by atoms with van der Waals surface area (Å²) < 4.78 is 36.6. The van der Waals surface area contributed by atoms with Gasteiger partial charge in [-0.1, -0.05) is 37.2 Å². The molecule has 3 atom stereocenters. The Morgan fingerprint density at radius 1 is 1.26 bits per heavy atom. The third-order valence-electron chi connectivity index (χ3n) is 3.79. The molecule has 0 fully saturated rings. The zero-order valence-corrected chi connectivity index (χ0v) is 14.6. The molecule has 0 N–H and O–H groups in total. The summed E-state index contributed by atoms with van der Waals surface area (Å²) in [4.78, 5) is 5.69. The Balaban J connectivity index is 2.35. The Hall–Kier alpha value is -1.44. The average Bonchev–Trinajstić information content (AvgIpc) is 2.90. The van der Waals surface area contributed by atoms with Crippen LogP contribution in [0.2, 0.25) is 0 Å². The molecule has 0 bridgehead atoms. The van der Waals surface area contributed by atoms with E-state index in [1.165, 1.54) is 7.11 Å². The van der Waals surface area contributed by atoms with Gasteiger partial charge in [-0.05, 0) is 25.0 Å².